The van der Waals surface area contributed by atoms with Gasteiger partial charge in [-0.05, 0) is 37.2 Å². The first-order chi connectivity index (χ1) is 9.61. The van der Waals surface area contributed by atoms with Crippen LogP contribution < -0.4 is 10.6 Å². The minimum absolute atomic E-state index is 0.770. The molecule has 0 spiro atoms. The zero-order valence-corrected chi connectivity index (χ0v) is 13.3. The summed E-state index contributed by atoms with van der Waals surface area (Å²) in [7, 11) is 3.77. The molecule has 0 amide bonds. The molecule has 0 unspecified atom stereocenters. The first kappa shape index (κ1) is 16.5. The molecular weight excluding hydrogens is 250 g/mol. The highest BCUT2D eigenvalue weighted by atomic mass is 15.2. The largest absolute Gasteiger partial charge is 0.356 e. The predicted molar refractivity (Wildman–Crippen MR) is 85.0 cm³/mol. The van der Waals surface area contributed by atoms with Crippen LogP contribution in [0.1, 0.15) is 38.7 Å². The number of hydrogen-bond donors (Lipinski definition) is 2. The normalized spacial score (nSPS) is 11.9. The summed E-state index contributed by atoms with van der Waals surface area (Å²) in [5.74, 6) is 1.67. The van der Waals surface area contributed by atoms with Gasteiger partial charge in [-0.15, -0.1) is 0 Å². The molecule has 1 aromatic heterocycles. The van der Waals surface area contributed by atoms with Crippen LogP contribution in [-0.4, -0.2) is 35.9 Å². The molecule has 0 aliphatic heterocycles. The van der Waals surface area contributed by atoms with E-state index < -0.39 is 0 Å². The molecule has 20 heavy (non-hydrogen) atoms. The lowest BCUT2D eigenvalue weighted by molar-refractivity contribution is 0.549. The topological polar surface area (TPSA) is 54.2 Å². The van der Waals surface area contributed by atoms with E-state index in [1.165, 1.54) is 18.4 Å². The lowest BCUT2D eigenvalue weighted by Gasteiger charge is -2.12. The molecule has 0 saturated carbocycles. The number of aliphatic imine (C=N–C) groups is 1. The maximum absolute atomic E-state index is 4.23. The molecule has 1 heterocycles. The average molecular weight is 279 g/mol. The van der Waals surface area contributed by atoms with Gasteiger partial charge in [-0.25, -0.2) is 0 Å². The fourth-order valence-electron chi connectivity index (χ4n) is 2.04. The summed E-state index contributed by atoms with van der Waals surface area (Å²) in [5.41, 5.74) is 1.29. The van der Waals surface area contributed by atoms with Crippen LogP contribution in [0, 0.1) is 5.92 Å². The molecule has 0 aromatic carbocycles. The molecule has 0 radical (unpaired) electrons. The smallest absolute Gasteiger partial charge is 0.190 e. The number of hydrogen-bond acceptors (Lipinski definition) is 2. The van der Waals surface area contributed by atoms with Crippen molar-refractivity contribution in [2.24, 2.45) is 18.0 Å². The van der Waals surface area contributed by atoms with E-state index in [0.29, 0.717) is 0 Å². The third kappa shape index (κ3) is 7.16. The summed E-state index contributed by atoms with van der Waals surface area (Å²) in [6.45, 7) is 6.43. The lowest BCUT2D eigenvalue weighted by Crippen LogP contribution is -2.38. The van der Waals surface area contributed by atoms with Crippen LogP contribution in [-0.2, 0) is 13.5 Å². The zero-order valence-electron chi connectivity index (χ0n) is 13.3. The Morgan fingerprint density at radius 1 is 1.30 bits per heavy atom. The van der Waals surface area contributed by atoms with Crippen molar-refractivity contribution in [1.82, 2.24) is 20.4 Å². The lowest BCUT2D eigenvalue weighted by atomic mass is 10.1. The molecule has 2 N–H and O–H groups in total. The van der Waals surface area contributed by atoms with Gasteiger partial charge in [0.25, 0.3) is 0 Å². The number of guanidine groups is 1. The van der Waals surface area contributed by atoms with Crippen LogP contribution in [0.15, 0.2) is 17.4 Å². The van der Waals surface area contributed by atoms with E-state index in [-0.39, 0.29) is 0 Å². The van der Waals surface area contributed by atoms with Crippen molar-refractivity contribution in [3.8, 4) is 0 Å². The van der Waals surface area contributed by atoms with E-state index in [2.05, 4.69) is 40.8 Å². The molecule has 0 aliphatic carbocycles. The highest BCUT2D eigenvalue weighted by Crippen LogP contribution is 2.02. The van der Waals surface area contributed by atoms with Crippen molar-refractivity contribution in [3.63, 3.8) is 0 Å². The number of nitrogens with one attached hydrogen (secondary N) is 2. The summed E-state index contributed by atoms with van der Waals surface area (Å²) >= 11 is 0. The van der Waals surface area contributed by atoms with Crippen LogP contribution in [0.25, 0.3) is 0 Å². The number of nitrogens with zero attached hydrogens (tertiary/aromatic N) is 3. The van der Waals surface area contributed by atoms with Crippen LogP contribution in [0.2, 0.25) is 0 Å². The third-order valence-electron chi connectivity index (χ3n) is 3.17. The van der Waals surface area contributed by atoms with E-state index in [1.54, 1.807) is 0 Å². The van der Waals surface area contributed by atoms with Gasteiger partial charge in [0.2, 0.25) is 0 Å². The molecule has 0 atom stereocenters. The summed E-state index contributed by atoms with van der Waals surface area (Å²) in [6.07, 6.45) is 8.57. The van der Waals surface area contributed by atoms with Gasteiger partial charge in [-0.3, -0.25) is 9.67 Å². The second-order valence-corrected chi connectivity index (χ2v) is 5.59. The Hall–Kier alpha value is -1.52. The van der Waals surface area contributed by atoms with Gasteiger partial charge in [0.1, 0.15) is 0 Å². The Labute approximate surface area is 122 Å². The first-order valence-corrected chi connectivity index (χ1v) is 7.54. The Kier molecular flexibility index (Phi) is 7.77. The van der Waals surface area contributed by atoms with Gasteiger partial charge >= 0.3 is 0 Å². The van der Waals surface area contributed by atoms with E-state index in [0.717, 1.165) is 37.8 Å². The van der Waals surface area contributed by atoms with Crippen molar-refractivity contribution in [2.75, 3.05) is 20.1 Å². The van der Waals surface area contributed by atoms with Gasteiger partial charge in [0.05, 0.1) is 6.20 Å². The summed E-state index contributed by atoms with van der Waals surface area (Å²) < 4.78 is 1.85. The minimum atomic E-state index is 0.770. The Balaban J connectivity index is 2.09. The maximum atomic E-state index is 4.23. The molecule has 5 nitrogen and oxygen atoms in total. The van der Waals surface area contributed by atoms with Crippen LogP contribution in [0.5, 0.6) is 0 Å². The monoisotopic (exact) mass is 279 g/mol. The van der Waals surface area contributed by atoms with Crippen molar-refractivity contribution in [2.45, 2.75) is 39.5 Å². The van der Waals surface area contributed by atoms with Gasteiger partial charge in [-0.1, -0.05) is 13.8 Å². The molecule has 0 aliphatic rings. The Morgan fingerprint density at radius 2 is 2.00 bits per heavy atom. The average Bonchev–Trinajstić information content (AvgIpc) is 2.82. The molecule has 5 heteroatoms. The molecule has 1 aromatic rings. The molecule has 114 valence electrons. The maximum Gasteiger partial charge on any atom is 0.190 e. The molecule has 0 bridgehead atoms. The molecule has 0 saturated heterocycles. The SMILES string of the molecule is CN=C(NCCCc1cnn(C)c1)NCCCC(C)C. The number of aromatic nitrogens is 2. The van der Waals surface area contributed by atoms with Crippen molar-refractivity contribution in [1.29, 1.82) is 0 Å². The summed E-state index contributed by atoms with van der Waals surface area (Å²) in [6, 6.07) is 0. The van der Waals surface area contributed by atoms with Crippen LogP contribution in [0.3, 0.4) is 0 Å². The first-order valence-electron chi connectivity index (χ1n) is 7.54. The minimum Gasteiger partial charge on any atom is -0.356 e. The second-order valence-electron chi connectivity index (χ2n) is 5.59. The van der Waals surface area contributed by atoms with Gasteiger partial charge < -0.3 is 10.6 Å². The molecule has 0 fully saturated rings. The quantitative estimate of drug-likeness (QED) is 0.434. The van der Waals surface area contributed by atoms with E-state index in [9.17, 15) is 0 Å². The highest BCUT2D eigenvalue weighted by Gasteiger charge is 1.99. The summed E-state index contributed by atoms with van der Waals surface area (Å²) in [4.78, 5) is 4.23. The number of aryl methyl sites for hydroxylation is 2. The number of rotatable bonds is 8. The van der Waals surface area contributed by atoms with Gasteiger partial charge in [-0.2, -0.15) is 5.10 Å². The fraction of sp³-hybridized carbons (Fsp3) is 0.733. The fourth-order valence-corrected chi connectivity index (χ4v) is 2.04. The standard InChI is InChI=1S/C15H29N5/c1-13(2)7-5-9-17-15(16-3)18-10-6-8-14-11-19-20(4)12-14/h11-13H,5-10H2,1-4H3,(H2,16,17,18). The predicted octanol–water partition coefficient (Wildman–Crippen LogP) is 1.95. The second kappa shape index (κ2) is 9.39. The van der Waals surface area contributed by atoms with Crippen molar-refractivity contribution >= 4 is 5.96 Å². The Bertz CT molecular complexity index is 395. The van der Waals surface area contributed by atoms with Crippen molar-refractivity contribution < 1.29 is 0 Å². The van der Waals surface area contributed by atoms with E-state index >= 15 is 0 Å². The van der Waals surface area contributed by atoms with E-state index in [1.807, 2.05) is 25.0 Å². The van der Waals surface area contributed by atoms with Crippen LogP contribution >= 0.6 is 0 Å². The Morgan fingerprint density at radius 3 is 2.55 bits per heavy atom. The van der Waals surface area contributed by atoms with Gasteiger partial charge in [0, 0.05) is 33.4 Å². The third-order valence-corrected chi connectivity index (χ3v) is 3.17. The zero-order chi connectivity index (χ0) is 14.8. The van der Waals surface area contributed by atoms with Crippen molar-refractivity contribution in [3.05, 3.63) is 18.0 Å². The van der Waals surface area contributed by atoms with Crippen LogP contribution in [0.4, 0.5) is 0 Å². The van der Waals surface area contributed by atoms with E-state index in [4.69, 9.17) is 0 Å². The highest BCUT2D eigenvalue weighted by molar-refractivity contribution is 5.79. The van der Waals surface area contributed by atoms with Gasteiger partial charge in [0.15, 0.2) is 5.96 Å². The molecule has 1 rings (SSSR count). The molecular formula is C15H29N5. The summed E-state index contributed by atoms with van der Waals surface area (Å²) in [5, 5.41) is 10.9.